The van der Waals surface area contributed by atoms with Crippen LogP contribution >= 0.6 is 11.3 Å². The highest BCUT2D eigenvalue weighted by Gasteiger charge is 2.47. The van der Waals surface area contributed by atoms with Crippen molar-refractivity contribution >= 4 is 34.5 Å². The van der Waals surface area contributed by atoms with Gasteiger partial charge in [0.15, 0.2) is 0 Å². The Hall–Kier alpha value is -3.45. The van der Waals surface area contributed by atoms with Gasteiger partial charge in [0.05, 0.1) is 11.7 Å². The molecule has 170 valence electrons. The van der Waals surface area contributed by atoms with Gasteiger partial charge in [0.1, 0.15) is 23.4 Å². The van der Waals surface area contributed by atoms with E-state index in [0.717, 1.165) is 16.0 Å². The lowest BCUT2D eigenvalue weighted by molar-refractivity contribution is -0.132. The fourth-order valence-electron chi connectivity index (χ4n) is 3.95. The Morgan fingerprint density at radius 2 is 1.76 bits per heavy atom. The van der Waals surface area contributed by atoms with Crippen LogP contribution in [0, 0.1) is 19.7 Å². The van der Waals surface area contributed by atoms with Crippen LogP contribution in [-0.2, 0) is 9.59 Å². The van der Waals surface area contributed by atoms with Crippen LogP contribution < -0.4 is 9.64 Å². The molecule has 4 rings (SSSR count). The number of hydrogen-bond acceptors (Lipinski definition) is 5. The highest BCUT2D eigenvalue weighted by atomic mass is 32.1. The lowest BCUT2D eigenvalue weighted by atomic mass is 9.97. The molecule has 0 aliphatic carbocycles. The van der Waals surface area contributed by atoms with E-state index in [9.17, 15) is 19.1 Å². The number of aliphatic hydroxyl groups excluding tert-OH is 1. The molecule has 1 saturated heterocycles. The minimum absolute atomic E-state index is 0.00630. The first-order chi connectivity index (χ1) is 15.7. The SMILES string of the molecule is Cc1cc(/C(O)=C2/C(=O)C(=O)N(c3ccc(F)cc3)C2c2sccc2C)ccc1OC(C)C. The van der Waals surface area contributed by atoms with Gasteiger partial charge in [0.25, 0.3) is 11.7 Å². The molecular formula is C26H24FNO4S. The second kappa shape index (κ2) is 8.83. The summed E-state index contributed by atoms with van der Waals surface area (Å²) in [7, 11) is 0. The lowest BCUT2D eigenvalue weighted by Gasteiger charge is -2.25. The average Bonchev–Trinajstić information content (AvgIpc) is 3.30. The number of ether oxygens (including phenoxy) is 1. The van der Waals surface area contributed by atoms with Crippen molar-refractivity contribution in [3.8, 4) is 5.75 Å². The normalized spacial score (nSPS) is 17.8. The van der Waals surface area contributed by atoms with Crippen molar-refractivity contribution in [3.05, 3.63) is 86.9 Å². The Morgan fingerprint density at radius 3 is 2.33 bits per heavy atom. The van der Waals surface area contributed by atoms with Gasteiger partial charge in [-0.3, -0.25) is 14.5 Å². The zero-order valence-electron chi connectivity index (χ0n) is 18.8. The summed E-state index contributed by atoms with van der Waals surface area (Å²) in [6.07, 6.45) is -0.00835. The molecule has 0 saturated carbocycles. The first-order valence-corrected chi connectivity index (χ1v) is 11.4. The average molecular weight is 466 g/mol. The smallest absolute Gasteiger partial charge is 0.300 e. The number of carbonyl (C=O) groups is 2. The van der Waals surface area contributed by atoms with Crippen molar-refractivity contribution in [2.75, 3.05) is 4.90 Å². The first-order valence-electron chi connectivity index (χ1n) is 10.6. The Bertz CT molecular complexity index is 1260. The number of aryl methyl sites for hydroxylation is 2. The van der Waals surface area contributed by atoms with Crippen molar-refractivity contribution in [2.45, 2.75) is 39.8 Å². The number of nitrogens with zero attached hydrogens (tertiary/aromatic N) is 1. The van der Waals surface area contributed by atoms with Gasteiger partial charge >= 0.3 is 0 Å². The molecule has 1 atom stereocenters. The maximum Gasteiger partial charge on any atom is 0.300 e. The highest BCUT2D eigenvalue weighted by molar-refractivity contribution is 7.10. The molecule has 33 heavy (non-hydrogen) atoms. The third-order valence-electron chi connectivity index (χ3n) is 5.51. The fourth-order valence-corrected chi connectivity index (χ4v) is 4.98. The number of amides is 1. The van der Waals surface area contributed by atoms with Crippen LogP contribution in [0.5, 0.6) is 5.75 Å². The summed E-state index contributed by atoms with van der Waals surface area (Å²) in [5, 5.41) is 13.1. The van der Waals surface area contributed by atoms with Gasteiger partial charge in [-0.1, -0.05) is 0 Å². The molecule has 5 nitrogen and oxygen atoms in total. The van der Waals surface area contributed by atoms with E-state index in [0.29, 0.717) is 17.0 Å². The summed E-state index contributed by atoms with van der Waals surface area (Å²) in [6, 6.07) is 11.6. The van der Waals surface area contributed by atoms with Crippen LogP contribution in [0.3, 0.4) is 0 Å². The molecule has 1 aliphatic rings. The van der Waals surface area contributed by atoms with Gasteiger partial charge in [-0.25, -0.2) is 4.39 Å². The van der Waals surface area contributed by atoms with E-state index in [2.05, 4.69) is 0 Å². The minimum Gasteiger partial charge on any atom is -0.507 e. The van der Waals surface area contributed by atoms with Crippen molar-refractivity contribution < 1.29 is 23.8 Å². The van der Waals surface area contributed by atoms with Crippen molar-refractivity contribution in [3.63, 3.8) is 0 Å². The van der Waals surface area contributed by atoms with Gasteiger partial charge in [0.2, 0.25) is 0 Å². The monoisotopic (exact) mass is 465 g/mol. The zero-order chi connectivity index (χ0) is 23.9. The van der Waals surface area contributed by atoms with E-state index < -0.39 is 23.5 Å². The van der Waals surface area contributed by atoms with E-state index in [4.69, 9.17) is 4.74 Å². The van der Waals surface area contributed by atoms with Gasteiger partial charge in [-0.15, -0.1) is 11.3 Å². The standard InChI is InChI=1S/C26H24FNO4S/c1-14(2)32-20-10-5-17(13-16(20)4)23(29)21-22(25-15(3)11-12-33-25)28(26(31)24(21)30)19-8-6-18(27)7-9-19/h5-14,22,29H,1-4H3/b23-21-. The summed E-state index contributed by atoms with van der Waals surface area (Å²) in [5.41, 5.74) is 2.49. The number of anilines is 1. The van der Waals surface area contributed by atoms with E-state index >= 15 is 0 Å². The third-order valence-corrected chi connectivity index (χ3v) is 6.58. The second-order valence-corrected chi connectivity index (χ2v) is 9.21. The maximum atomic E-state index is 13.5. The third kappa shape index (κ3) is 4.16. The Morgan fingerprint density at radius 1 is 1.06 bits per heavy atom. The van der Waals surface area contributed by atoms with Gasteiger partial charge in [-0.05, 0) is 92.7 Å². The van der Waals surface area contributed by atoms with Crippen LogP contribution in [0.15, 0.2) is 59.5 Å². The Balaban J connectivity index is 1.88. The molecule has 2 heterocycles. The molecule has 0 radical (unpaired) electrons. The molecule has 7 heteroatoms. The van der Waals surface area contributed by atoms with E-state index in [1.165, 1.54) is 40.5 Å². The van der Waals surface area contributed by atoms with Crippen LogP contribution in [0.2, 0.25) is 0 Å². The number of halogens is 1. The van der Waals surface area contributed by atoms with Crippen LogP contribution in [-0.4, -0.2) is 22.9 Å². The molecule has 1 N–H and O–H groups in total. The first kappa shape index (κ1) is 22.7. The number of Topliss-reactive ketones (excluding diaryl/α,β-unsaturated/α-hetero) is 1. The summed E-state index contributed by atoms with van der Waals surface area (Å²) in [6.45, 7) is 7.59. The van der Waals surface area contributed by atoms with Crippen LogP contribution in [0.1, 0.15) is 41.5 Å². The van der Waals surface area contributed by atoms with Gasteiger partial charge < -0.3 is 9.84 Å². The molecule has 2 aromatic carbocycles. The van der Waals surface area contributed by atoms with Crippen LogP contribution in [0.25, 0.3) is 5.76 Å². The molecule has 1 fully saturated rings. The Kier molecular flexibility index (Phi) is 6.08. The van der Waals surface area contributed by atoms with Crippen molar-refractivity contribution in [2.24, 2.45) is 0 Å². The molecule has 3 aromatic rings. The maximum absolute atomic E-state index is 13.5. The largest absolute Gasteiger partial charge is 0.507 e. The van der Waals surface area contributed by atoms with Crippen molar-refractivity contribution in [1.29, 1.82) is 0 Å². The quantitative estimate of drug-likeness (QED) is 0.289. The minimum atomic E-state index is -0.817. The molecular weight excluding hydrogens is 441 g/mol. The van der Waals surface area contributed by atoms with E-state index in [1.807, 2.05) is 39.1 Å². The fraction of sp³-hybridized carbons (Fsp3) is 0.231. The summed E-state index contributed by atoms with van der Waals surface area (Å²) in [4.78, 5) is 28.4. The molecule has 1 unspecified atom stereocenters. The molecule has 1 aliphatic heterocycles. The van der Waals surface area contributed by atoms with Crippen LogP contribution in [0.4, 0.5) is 10.1 Å². The van der Waals surface area contributed by atoms with E-state index in [1.54, 1.807) is 18.2 Å². The number of ketones is 1. The molecule has 1 aromatic heterocycles. The summed E-state index contributed by atoms with van der Waals surface area (Å²) >= 11 is 1.40. The number of aliphatic hydroxyl groups is 1. The van der Waals surface area contributed by atoms with Crippen molar-refractivity contribution in [1.82, 2.24) is 0 Å². The van der Waals surface area contributed by atoms with Gasteiger partial charge in [0, 0.05) is 16.1 Å². The number of carbonyl (C=O) groups excluding carboxylic acids is 2. The zero-order valence-corrected chi connectivity index (χ0v) is 19.6. The highest BCUT2D eigenvalue weighted by Crippen LogP contribution is 2.45. The summed E-state index contributed by atoms with van der Waals surface area (Å²) in [5.74, 6) is -1.57. The summed E-state index contributed by atoms with van der Waals surface area (Å²) < 4.78 is 19.3. The predicted molar refractivity (Wildman–Crippen MR) is 127 cm³/mol. The van der Waals surface area contributed by atoms with Gasteiger partial charge in [-0.2, -0.15) is 0 Å². The van der Waals surface area contributed by atoms with E-state index in [-0.39, 0.29) is 17.4 Å². The number of thiophene rings is 1. The molecule has 0 spiro atoms. The number of rotatable bonds is 5. The predicted octanol–water partition coefficient (Wildman–Crippen LogP) is 5.92. The molecule has 1 amide bonds. The Labute approximate surface area is 195 Å². The number of benzene rings is 2. The topological polar surface area (TPSA) is 66.8 Å². The second-order valence-electron chi connectivity index (χ2n) is 8.26. The number of hydrogen-bond donors (Lipinski definition) is 1. The molecule has 0 bridgehead atoms. The lowest BCUT2D eigenvalue weighted by Crippen LogP contribution is -2.29.